The molecule has 5 atom stereocenters. The number of alkyl halides is 3. The molecule has 0 amide bonds. The second-order valence-corrected chi connectivity index (χ2v) is 12.0. The summed E-state index contributed by atoms with van der Waals surface area (Å²) in [6.45, 7) is 0.635. The zero-order valence-electron chi connectivity index (χ0n) is 23.5. The third-order valence-corrected chi connectivity index (χ3v) is 8.41. The zero-order chi connectivity index (χ0) is 32.8. The number of benzene rings is 2. The molecule has 0 bridgehead atoms. The van der Waals surface area contributed by atoms with E-state index < -0.39 is 67.8 Å². The minimum atomic E-state index is -4.63. The molecule has 2 heterocycles. The topological polar surface area (TPSA) is 158 Å². The summed E-state index contributed by atoms with van der Waals surface area (Å²) in [6, 6.07) is 10.8. The van der Waals surface area contributed by atoms with E-state index in [0.29, 0.717) is 17.7 Å². The predicted octanol–water partition coefficient (Wildman–Crippen LogP) is 4.49. The summed E-state index contributed by atoms with van der Waals surface area (Å²) in [6.07, 6.45) is -5.56. The number of nitrogens with zero attached hydrogens (tertiary/aromatic N) is 1. The van der Waals surface area contributed by atoms with Crippen LogP contribution in [0.3, 0.4) is 0 Å². The minimum absolute atomic E-state index is 0.0859. The van der Waals surface area contributed by atoms with Crippen molar-refractivity contribution in [3.05, 3.63) is 103 Å². The molecule has 1 fully saturated rings. The molecule has 1 aromatic heterocycles. The van der Waals surface area contributed by atoms with Gasteiger partial charge in [0.2, 0.25) is 0 Å². The first-order valence-electron chi connectivity index (χ1n) is 13.3. The number of ether oxygens (including phenoxy) is 2. The summed E-state index contributed by atoms with van der Waals surface area (Å²) < 4.78 is 76.0. The smallest absolute Gasteiger partial charge is 0.459 e. The van der Waals surface area contributed by atoms with E-state index in [9.17, 15) is 37.2 Å². The van der Waals surface area contributed by atoms with E-state index in [-0.39, 0.29) is 24.3 Å². The molecule has 1 aliphatic heterocycles. The van der Waals surface area contributed by atoms with Crippen molar-refractivity contribution in [3.63, 3.8) is 0 Å². The maximum absolute atomic E-state index is 13.8. The van der Waals surface area contributed by atoms with Gasteiger partial charge in [0.05, 0.1) is 23.8 Å². The molecule has 0 aliphatic carbocycles. The molecule has 0 saturated carbocycles. The number of rotatable bonds is 12. The largest absolute Gasteiger partial charge is 0.460 e. The summed E-state index contributed by atoms with van der Waals surface area (Å²) >= 11 is 3.05. The lowest BCUT2D eigenvalue weighted by molar-refractivity contribution is -0.146. The Hall–Kier alpha value is -3.53. The van der Waals surface area contributed by atoms with Gasteiger partial charge in [-0.05, 0) is 47.8 Å². The Balaban J connectivity index is 1.49. The van der Waals surface area contributed by atoms with Crippen LogP contribution in [-0.2, 0) is 36.1 Å². The average molecular weight is 718 g/mol. The van der Waals surface area contributed by atoms with Crippen LogP contribution in [0.2, 0.25) is 0 Å². The van der Waals surface area contributed by atoms with Gasteiger partial charge in [0.25, 0.3) is 5.56 Å². The summed E-state index contributed by atoms with van der Waals surface area (Å²) in [7, 11) is -4.56. The fourth-order valence-corrected chi connectivity index (χ4v) is 5.97. The van der Waals surface area contributed by atoms with Gasteiger partial charge in [-0.1, -0.05) is 46.3 Å². The van der Waals surface area contributed by atoms with Crippen molar-refractivity contribution < 1.29 is 46.2 Å². The van der Waals surface area contributed by atoms with E-state index in [4.69, 9.17) is 18.5 Å². The van der Waals surface area contributed by atoms with Gasteiger partial charge in [0.1, 0.15) is 30.7 Å². The highest BCUT2D eigenvalue weighted by Gasteiger charge is 2.40. The third kappa shape index (κ3) is 9.25. The molecule has 1 saturated heterocycles. The van der Waals surface area contributed by atoms with E-state index in [1.807, 2.05) is 0 Å². The highest BCUT2D eigenvalue weighted by atomic mass is 79.9. The molecule has 45 heavy (non-hydrogen) atoms. The van der Waals surface area contributed by atoms with Gasteiger partial charge >= 0.3 is 25.6 Å². The van der Waals surface area contributed by atoms with Crippen LogP contribution < -0.4 is 20.9 Å². The number of hydrogen-bond donors (Lipinski definition) is 3. The zero-order valence-corrected chi connectivity index (χ0v) is 26.0. The lowest BCUT2D eigenvalue weighted by Gasteiger charge is -2.25. The van der Waals surface area contributed by atoms with E-state index in [1.54, 1.807) is 30.3 Å². The number of carbonyl (C=O) groups is 1. The van der Waals surface area contributed by atoms with Crippen molar-refractivity contribution in [2.45, 2.75) is 50.6 Å². The van der Waals surface area contributed by atoms with E-state index in [1.165, 1.54) is 24.2 Å². The number of H-pyrrole nitrogens is 1. The molecule has 0 spiro atoms. The van der Waals surface area contributed by atoms with Gasteiger partial charge in [0, 0.05) is 12.6 Å². The molecule has 2 aromatic carbocycles. The van der Waals surface area contributed by atoms with Gasteiger partial charge in [0.15, 0.2) is 0 Å². The van der Waals surface area contributed by atoms with Crippen LogP contribution >= 0.6 is 23.7 Å². The Morgan fingerprint density at radius 2 is 1.91 bits per heavy atom. The Bertz CT molecular complexity index is 1670. The Morgan fingerprint density at radius 3 is 2.56 bits per heavy atom. The van der Waals surface area contributed by atoms with Crippen LogP contribution in [-0.4, -0.2) is 45.5 Å². The summed E-state index contributed by atoms with van der Waals surface area (Å²) in [5.74, 6) is -1.11. The van der Waals surface area contributed by atoms with Crippen molar-refractivity contribution >= 4 is 35.7 Å². The van der Waals surface area contributed by atoms with Crippen LogP contribution in [0.1, 0.15) is 36.3 Å². The number of aliphatic hydroxyl groups is 1. The first-order valence-corrected chi connectivity index (χ1v) is 15.8. The molecule has 242 valence electrons. The third-order valence-electron chi connectivity index (χ3n) is 6.50. The number of carbonyl (C=O) groups excluding carboxylic acids is 1. The highest BCUT2D eigenvalue weighted by Crippen LogP contribution is 2.46. The van der Waals surface area contributed by atoms with E-state index >= 15 is 0 Å². The van der Waals surface area contributed by atoms with Crippen LogP contribution in [0.15, 0.2) is 75.4 Å². The van der Waals surface area contributed by atoms with Crippen LogP contribution in [0, 0.1) is 0 Å². The Morgan fingerprint density at radius 1 is 1.22 bits per heavy atom. The molecular formula is C28H28BrF3N3O9P. The van der Waals surface area contributed by atoms with Crippen molar-refractivity contribution in [2.75, 3.05) is 6.61 Å². The molecule has 0 radical (unpaired) electrons. The standard InChI is InChI=1S/C28H28BrF3N3O9P/c1-17(26(38)41-15-18-5-3-2-4-6-18)34-45(40,44-21-9-7-20(8-10-21)28(30,31)32)42-16-23-22(36)13-24(43-23)35-14-19(11-12-29)25(37)33-27(35)39/h2-12,14,17,22-24,36H,13,15-16H2,1H3,(H,34,40)(H,33,37,39)/b12-11+/t17-,22+,23?,24+,45?/m0/s1. The number of nitrogens with one attached hydrogen (secondary N) is 2. The number of hydrogen-bond acceptors (Lipinski definition) is 9. The van der Waals surface area contributed by atoms with Crippen LogP contribution in [0.4, 0.5) is 13.2 Å². The van der Waals surface area contributed by atoms with Crippen molar-refractivity contribution in [2.24, 2.45) is 0 Å². The van der Waals surface area contributed by atoms with Gasteiger partial charge < -0.3 is 19.1 Å². The fourth-order valence-electron chi connectivity index (χ4n) is 4.19. The number of aromatic amines is 1. The molecule has 12 nitrogen and oxygen atoms in total. The number of aromatic nitrogens is 2. The molecule has 1 aliphatic rings. The summed E-state index contributed by atoms with van der Waals surface area (Å²) in [5, 5.41) is 13.0. The van der Waals surface area contributed by atoms with Gasteiger partial charge in [-0.25, -0.2) is 9.36 Å². The Kier molecular flexibility index (Phi) is 11.2. The Labute approximate surface area is 262 Å². The van der Waals surface area contributed by atoms with Gasteiger partial charge in [-0.15, -0.1) is 0 Å². The average Bonchev–Trinajstić information content (AvgIpc) is 3.36. The summed E-state index contributed by atoms with van der Waals surface area (Å²) in [5.41, 5.74) is -1.61. The SMILES string of the molecule is C[C@H](NP(=O)(OCC1O[C@@H](n2cc(/C=C/Br)c(=O)[nH]c2=O)C[C@H]1O)Oc1ccc(C(F)(F)F)cc1)C(=O)OCc1ccccc1. The molecule has 4 rings (SSSR count). The molecule has 3 N–H and O–H groups in total. The lowest BCUT2D eigenvalue weighted by Crippen LogP contribution is -2.36. The summed E-state index contributed by atoms with van der Waals surface area (Å²) in [4.78, 5) is 40.7. The van der Waals surface area contributed by atoms with Crippen LogP contribution in [0.5, 0.6) is 5.75 Å². The van der Waals surface area contributed by atoms with Crippen molar-refractivity contribution in [1.82, 2.24) is 14.6 Å². The maximum Gasteiger partial charge on any atom is 0.459 e. The second-order valence-electron chi connectivity index (χ2n) is 9.83. The van der Waals surface area contributed by atoms with Gasteiger partial charge in [-0.3, -0.25) is 23.7 Å². The highest BCUT2D eigenvalue weighted by molar-refractivity contribution is 9.11. The fraction of sp³-hybridized carbons (Fsp3) is 0.321. The predicted molar refractivity (Wildman–Crippen MR) is 158 cm³/mol. The van der Waals surface area contributed by atoms with Crippen molar-refractivity contribution in [1.29, 1.82) is 0 Å². The number of halogens is 4. The normalized spacial score (nSPS) is 20.5. The van der Waals surface area contributed by atoms with E-state index in [0.717, 1.165) is 16.7 Å². The van der Waals surface area contributed by atoms with Gasteiger partial charge in [-0.2, -0.15) is 18.3 Å². The molecule has 2 unspecified atom stereocenters. The quantitative estimate of drug-likeness (QED) is 0.180. The lowest BCUT2D eigenvalue weighted by atomic mass is 10.2. The minimum Gasteiger partial charge on any atom is -0.460 e. The maximum atomic E-state index is 13.8. The molecule has 17 heteroatoms. The van der Waals surface area contributed by atoms with Crippen LogP contribution in [0.25, 0.3) is 6.08 Å². The second kappa shape index (κ2) is 14.7. The van der Waals surface area contributed by atoms with E-state index in [2.05, 4.69) is 26.0 Å². The number of esters is 1. The van der Waals surface area contributed by atoms with Crippen molar-refractivity contribution in [3.8, 4) is 5.75 Å². The molecule has 3 aromatic rings. The molecular weight excluding hydrogens is 690 g/mol. The first-order chi connectivity index (χ1) is 21.3. The monoisotopic (exact) mass is 717 g/mol. The first kappa shape index (κ1) is 34.3. The number of aliphatic hydroxyl groups excluding tert-OH is 1.